The zero-order chi connectivity index (χ0) is 22.0. The van der Waals surface area contributed by atoms with Crippen LogP contribution >= 0.6 is 0 Å². The maximum Gasteiger partial charge on any atom is 0.227 e. The average Bonchev–Trinajstić information content (AvgIpc) is 3.40. The van der Waals surface area contributed by atoms with Crippen molar-refractivity contribution >= 4 is 5.91 Å². The highest BCUT2D eigenvalue weighted by Crippen LogP contribution is 2.38. The van der Waals surface area contributed by atoms with E-state index in [0.29, 0.717) is 17.9 Å². The lowest BCUT2D eigenvalue weighted by molar-refractivity contribution is -0.131. The molecule has 1 aliphatic rings. The van der Waals surface area contributed by atoms with E-state index in [9.17, 15) is 4.79 Å². The van der Waals surface area contributed by atoms with Crippen LogP contribution in [0.25, 0.3) is 11.1 Å². The number of nitrogens with zero attached hydrogens (tertiary/aromatic N) is 4. The average molecular weight is 421 g/mol. The van der Waals surface area contributed by atoms with E-state index in [2.05, 4.69) is 4.98 Å². The number of methoxy groups -OCH3 is 2. The topological polar surface area (TPSA) is 69.5 Å². The summed E-state index contributed by atoms with van der Waals surface area (Å²) in [6, 6.07) is 7.61. The molecule has 3 heterocycles. The predicted octanol–water partition coefficient (Wildman–Crippen LogP) is 3.71. The Kier molecular flexibility index (Phi) is 5.93. The standard InChI is InChI=1S/C24H28N4O3/c1-16-14-25-10-9-18(16)19-15-27(2)26-24(19)20-6-5-11-28(20)23(29)13-17-7-8-21(30-3)22(12-17)31-4/h7-10,12,14-15,20H,5-6,11,13H2,1-4H3. The fourth-order valence-electron chi connectivity index (χ4n) is 4.35. The van der Waals surface area contributed by atoms with Crippen molar-refractivity contribution < 1.29 is 14.3 Å². The van der Waals surface area contributed by atoms with Crippen molar-refractivity contribution in [1.82, 2.24) is 19.7 Å². The summed E-state index contributed by atoms with van der Waals surface area (Å²) in [6.45, 7) is 2.79. The van der Waals surface area contributed by atoms with E-state index in [0.717, 1.165) is 47.3 Å². The van der Waals surface area contributed by atoms with Gasteiger partial charge in [0, 0.05) is 37.7 Å². The van der Waals surface area contributed by atoms with Gasteiger partial charge >= 0.3 is 0 Å². The first-order valence-corrected chi connectivity index (χ1v) is 10.5. The minimum Gasteiger partial charge on any atom is -0.493 e. The van der Waals surface area contributed by atoms with Crippen LogP contribution in [0.1, 0.15) is 35.7 Å². The highest BCUT2D eigenvalue weighted by atomic mass is 16.5. The van der Waals surface area contributed by atoms with Crippen LogP contribution in [0.15, 0.2) is 42.9 Å². The van der Waals surface area contributed by atoms with E-state index in [-0.39, 0.29) is 11.9 Å². The molecule has 0 saturated carbocycles. The maximum absolute atomic E-state index is 13.3. The van der Waals surface area contributed by atoms with Crippen LogP contribution in [0.3, 0.4) is 0 Å². The van der Waals surface area contributed by atoms with Crippen molar-refractivity contribution in [2.75, 3.05) is 20.8 Å². The monoisotopic (exact) mass is 420 g/mol. The predicted molar refractivity (Wildman–Crippen MR) is 118 cm³/mol. The van der Waals surface area contributed by atoms with Gasteiger partial charge in [-0.1, -0.05) is 6.07 Å². The summed E-state index contributed by atoms with van der Waals surface area (Å²) < 4.78 is 12.5. The van der Waals surface area contributed by atoms with Crippen molar-refractivity contribution in [2.45, 2.75) is 32.2 Å². The molecule has 31 heavy (non-hydrogen) atoms. The Morgan fingerprint density at radius 2 is 1.97 bits per heavy atom. The molecule has 1 aromatic carbocycles. The molecule has 0 aliphatic carbocycles. The van der Waals surface area contributed by atoms with Gasteiger partial charge in [0.15, 0.2) is 11.5 Å². The van der Waals surface area contributed by atoms with Crippen LogP contribution in [0.5, 0.6) is 11.5 Å². The number of benzene rings is 1. The van der Waals surface area contributed by atoms with Gasteiger partial charge in [-0.2, -0.15) is 5.10 Å². The fraction of sp³-hybridized carbons (Fsp3) is 0.375. The summed E-state index contributed by atoms with van der Waals surface area (Å²) in [4.78, 5) is 19.5. The fourth-order valence-corrected chi connectivity index (χ4v) is 4.35. The highest BCUT2D eigenvalue weighted by molar-refractivity contribution is 5.80. The number of hydrogen-bond donors (Lipinski definition) is 0. The van der Waals surface area contributed by atoms with E-state index in [1.807, 2.05) is 60.2 Å². The molecule has 0 spiro atoms. The normalized spacial score (nSPS) is 15.9. The summed E-state index contributed by atoms with van der Waals surface area (Å²) in [5.41, 5.74) is 5.13. The number of ether oxygens (including phenoxy) is 2. The van der Waals surface area contributed by atoms with Gasteiger partial charge in [0.25, 0.3) is 0 Å². The molecule has 1 saturated heterocycles. The van der Waals surface area contributed by atoms with Crippen LogP contribution in [0.4, 0.5) is 0 Å². The van der Waals surface area contributed by atoms with Gasteiger partial charge < -0.3 is 14.4 Å². The van der Waals surface area contributed by atoms with E-state index < -0.39 is 0 Å². The lowest BCUT2D eigenvalue weighted by atomic mass is 9.98. The molecule has 7 nitrogen and oxygen atoms in total. The Hall–Kier alpha value is -3.35. The second-order valence-corrected chi connectivity index (χ2v) is 7.90. The highest BCUT2D eigenvalue weighted by Gasteiger charge is 2.33. The molecule has 3 aromatic rings. The van der Waals surface area contributed by atoms with Crippen molar-refractivity contribution in [3.63, 3.8) is 0 Å². The summed E-state index contributed by atoms with van der Waals surface area (Å²) >= 11 is 0. The Balaban J connectivity index is 1.61. The summed E-state index contributed by atoms with van der Waals surface area (Å²) in [6.07, 6.45) is 7.88. The molecule has 0 N–H and O–H groups in total. The van der Waals surface area contributed by atoms with Crippen LogP contribution in [-0.4, -0.2) is 46.3 Å². The number of rotatable bonds is 6. The number of aromatic nitrogens is 3. The zero-order valence-electron chi connectivity index (χ0n) is 18.5. The third-order valence-electron chi connectivity index (χ3n) is 5.86. The molecule has 0 radical (unpaired) electrons. The van der Waals surface area contributed by atoms with Gasteiger partial charge in [0.2, 0.25) is 5.91 Å². The lowest BCUT2D eigenvalue weighted by Gasteiger charge is -2.25. The van der Waals surface area contributed by atoms with Gasteiger partial charge in [0.1, 0.15) is 0 Å². The Labute approximate surface area is 182 Å². The van der Waals surface area contributed by atoms with Crippen LogP contribution < -0.4 is 9.47 Å². The Bertz CT molecular complexity index is 1090. The molecule has 2 aromatic heterocycles. The van der Waals surface area contributed by atoms with Gasteiger partial charge in [-0.15, -0.1) is 0 Å². The van der Waals surface area contributed by atoms with E-state index >= 15 is 0 Å². The summed E-state index contributed by atoms with van der Waals surface area (Å²) in [5.74, 6) is 1.38. The Morgan fingerprint density at radius 3 is 2.71 bits per heavy atom. The zero-order valence-corrected chi connectivity index (χ0v) is 18.5. The lowest BCUT2D eigenvalue weighted by Crippen LogP contribution is -2.32. The number of amides is 1. The third-order valence-corrected chi connectivity index (χ3v) is 5.86. The summed E-state index contributed by atoms with van der Waals surface area (Å²) in [7, 11) is 5.13. The molecule has 1 aliphatic heterocycles. The second kappa shape index (κ2) is 8.79. The molecule has 0 bridgehead atoms. The first-order valence-electron chi connectivity index (χ1n) is 10.5. The number of aryl methyl sites for hydroxylation is 2. The molecular formula is C24H28N4O3. The molecule has 4 rings (SSSR count). The first-order chi connectivity index (χ1) is 15.0. The molecule has 1 atom stereocenters. The quantitative estimate of drug-likeness (QED) is 0.608. The number of carbonyl (C=O) groups excluding carboxylic acids is 1. The largest absolute Gasteiger partial charge is 0.493 e. The minimum absolute atomic E-state index is 0.0311. The number of likely N-dealkylation sites (tertiary alicyclic amines) is 1. The van der Waals surface area contributed by atoms with Crippen molar-refractivity contribution in [3.05, 3.63) is 59.7 Å². The Morgan fingerprint density at radius 1 is 1.16 bits per heavy atom. The smallest absolute Gasteiger partial charge is 0.227 e. The minimum atomic E-state index is -0.0311. The second-order valence-electron chi connectivity index (χ2n) is 7.90. The SMILES string of the molecule is COc1ccc(CC(=O)N2CCCC2c2nn(C)cc2-c2ccncc2C)cc1OC. The van der Waals surface area contributed by atoms with Gasteiger partial charge in [-0.25, -0.2) is 0 Å². The molecule has 1 fully saturated rings. The van der Waals surface area contributed by atoms with E-state index in [1.54, 1.807) is 20.4 Å². The summed E-state index contributed by atoms with van der Waals surface area (Å²) in [5, 5.41) is 4.77. The number of carbonyl (C=O) groups is 1. The maximum atomic E-state index is 13.3. The van der Waals surface area contributed by atoms with Crippen LogP contribution in [0, 0.1) is 6.92 Å². The molecular weight excluding hydrogens is 392 g/mol. The third kappa shape index (κ3) is 4.13. The van der Waals surface area contributed by atoms with Crippen molar-refractivity contribution in [3.8, 4) is 22.6 Å². The molecule has 7 heteroatoms. The van der Waals surface area contributed by atoms with Crippen molar-refractivity contribution in [2.24, 2.45) is 7.05 Å². The van der Waals surface area contributed by atoms with Crippen LogP contribution in [-0.2, 0) is 18.3 Å². The van der Waals surface area contributed by atoms with Crippen molar-refractivity contribution in [1.29, 1.82) is 0 Å². The first kappa shape index (κ1) is 20.9. The van der Waals surface area contributed by atoms with Gasteiger partial charge in [-0.05, 0) is 54.7 Å². The molecule has 1 amide bonds. The number of pyridine rings is 1. The van der Waals surface area contributed by atoms with E-state index in [1.165, 1.54) is 0 Å². The van der Waals surface area contributed by atoms with Gasteiger partial charge in [0.05, 0.1) is 32.4 Å². The van der Waals surface area contributed by atoms with Crippen LogP contribution in [0.2, 0.25) is 0 Å². The van der Waals surface area contributed by atoms with Gasteiger partial charge in [-0.3, -0.25) is 14.5 Å². The molecule has 1 unspecified atom stereocenters. The molecule has 162 valence electrons. The number of hydrogen-bond acceptors (Lipinski definition) is 5. The van der Waals surface area contributed by atoms with E-state index in [4.69, 9.17) is 14.6 Å².